The predicted molar refractivity (Wildman–Crippen MR) is 128 cm³/mol. The maximum absolute atomic E-state index is 13.4. The van der Waals surface area contributed by atoms with Crippen LogP contribution in [0.4, 0.5) is 4.79 Å². The Balaban J connectivity index is 1.92. The summed E-state index contributed by atoms with van der Waals surface area (Å²) in [5.74, 6) is 0.399. The Morgan fingerprint density at radius 1 is 1.21 bits per heavy atom. The molecule has 1 atom stereocenters. The van der Waals surface area contributed by atoms with Gasteiger partial charge < -0.3 is 19.7 Å². The van der Waals surface area contributed by atoms with Crippen LogP contribution in [0.2, 0.25) is 5.02 Å². The molecule has 1 aliphatic rings. The molecule has 3 rings (SSSR count). The van der Waals surface area contributed by atoms with Crippen molar-refractivity contribution in [2.75, 3.05) is 40.5 Å². The van der Waals surface area contributed by atoms with Gasteiger partial charge in [-0.3, -0.25) is 4.79 Å². The average Bonchev–Trinajstić information content (AvgIpc) is 3.27. The number of ether oxygens (including phenoxy) is 2. The van der Waals surface area contributed by atoms with Crippen LogP contribution in [0.15, 0.2) is 53.6 Å². The van der Waals surface area contributed by atoms with Gasteiger partial charge in [-0.15, -0.1) is 0 Å². The quantitative estimate of drug-likeness (QED) is 0.603. The van der Waals surface area contributed by atoms with Crippen molar-refractivity contribution in [3.05, 3.63) is 64.7 Å². The number of carbonyl (C=O) groups excluding carboxylic acids is 2. The summed E-state index contributed by atoms with van der Waals surface area (Å²) in [6.07, 6.45) is 0.488. The molecular formula is C24H29ClN4O4. The van der Waals surface area contributed by atoms with Crippen molar-refractivity contribution in [1.29, 1.82) is 0 Å². The molecule has 2 aromatic rings. The first-order valence-electron chi connectivity index (χ1n) is 10.8. The molecule has 1 unspecified atom stereocenters. The molecule has 0 fully saturated rings. The number of hydrogen-bond acceptors (Lipinski definition) is 5. The summed E-state index contributed by atoms with van der Waals surface area (Å²) in [5, 5.41) is 9.40. The smallest absolute Gasteiger partial charge is 0.317 e. The van der Waals surface area contributed by atoms with Crippen LogP contribution in [0.25, 0.3) is 0 Å². The van der Waals surface area contributed by atoms with E-state index in [-0.39, 0.29) is 31.1 Å². The molecule has 3 amide bonds. The third kappa shape index (κ3) is 6.03. The minimum Gasteiger partial charge on any atom is -0.497 e. The molecule has 0 aliphatic carbocycles. The Morgan fingerprint density at radius 3 is 2.70 bits per heavy atom. The topological polar surface area (TPSA) is 83.5 Å². The lowest BCUT2D eigenvalue weighted by atomic mass is 9.98. The zero-order chi connectivity index (χ0) is 23.8. The summed E-state index contributed by atoms with van der Waals surface area (Å²) in [7, 11) is 3.16. The van der Waals surface area contributed by atoms with Gasteiger partial charge in [-0.05, 0) is 30.7 Å². The van der Waals surface area contributed by atoms with E-state index >= 15 is 0 Å². The monoisotopic (exact) mass is 472 g/mol. The second-order valence-electron chi connectivity index (χ2n) is 7.51. The Kier molecular flexibility index (Phi) is 8.68. The van der Waals surface area contributed by atoms with Gasteiger partial charge in [0.25, 0.3) is 5.91 Å². The third-order valence-electron chi connectivity index (χ3n) is 5.34. The van der Waals surface area contributed by atoms with Crippen LogP contribution in [-0.4, -0.2) is 68.0 Å². The summed E-state index contributed by atoms with van der Waals surface area (Å²) < 4.78 is 10.4. The fraction of sp³-hybridized carbons (Fsp3) is 0.375. The van der Waals surface area contributed by atoms with Crippen LogP contribution >= 0.6 is 11.6 Å². The maximum atomic E-state index is 13.4. The van der Waals surface area contributed by atoms with Crippen molar-refractivity contribution in [2.24, 2.45) is 5.10 Å². The first-order valence-corrected chi connectivity index (χ1v) is 11.2. The van der Waals surface area contributed by atoms with Crippen molar-refractivity contribution >= 4 is 29.3 Å². The number of halogens is 1. The molecule has 176 valence electrons. The fourth-order valence-corrected chi connectivity index (χ4v) is 3.92. The lowest BCUT2D eigenvalue weighted by Gasteiger charge is -2.27. The van der Waals surface area contributed by atoms with Gasteiger partial charge in [0.15, 0.2) is 0 Å². The number of rotatable bonds is 9. The highest BCUT2D eigenvalue weighted by molar-refractivity contribution is 6.31. The van der Waals surface area contributed by atoms with E-state index in [1.54, 1.807) is 20.3 Å². The molecule has 1 aliphatic heterocycles. The van der Waals surface area contributed by atoms with Crippen molar-refractivity contribution in [3.63, 3.8) is 0 Å². The minimum atomic E-state index is -0.383. The van der Waals surface area contributed by atoms with Gasteiger partial charge in [-0.25, -0.2) is 9.80 Å². The number of carbonyl (C=O) groups is 2. The highest BCUT2D eigenvalue weighted by atomic mass is 35.5. The largest absolute Gasteiger partial charge is 0.497 e. The molecule has 8 nitrogen and oxygen atoms in total. The fourth-order valence-electron chi connectivity index (χ4n) is 3.66. The first kappa shape index (κ1) is 24.5. The van der Waals surface area contributed by atoms with Crippen LogP contribution in [0.5, 0.6) is 5.75 Å². The lowest BCUT2D eigenvalue weighted by Crippen LogP contribution is -2.47. The average molecular weight is 473 g/mol. The summed E-state index contributed by atoms with van der Waals surface area (Å²) in [6.45, 7) is 2.75. The van der Waals surface area contributed by atoms with E-state index in [2.05, 4.69) is 10.4 Å². The normalized spacial score (nSPS) is 15.2. The first-order chi connectivity index (χ1) is 16.0. The number of hydrogen-bond donors (Lipinski definition) is 1. The molecule has 0 bridgehead atoms. The third-order valence-corrected chi connectivity index (χ3v) is 5.68. The van der Waals surface area contributed by atoms with E-state index in [1.165, 1.54) is 9.91 Å². The van der Waals surface area contributed by atoms with Crippen molar-refractivity contribution in [2.45, 2.75) is 19.4 Å². The molecule has 0 radical (unpaired) electrons. The number of urea groups is 1. The molecule has 2 aromatic carbocycles. The zero-order valence-corrected chi connectivity index (χ0v) is 19.8. The molecule has 0 saturated carbocycles. The second-order valence-corrected chi connectivity index (χ2v) is 7.92. The van der Waals surface area contributed by atoms with Gasteiger partial charge in [0.1, 0.15) is 12.3 Å². The summed E-state index contributed by atoms with van der Waals surface area (Å²) in [4.78, 5) is 27.3. The number of methoxy groups -OCH3 is 2. The second kappa shape index (κ2) is 11.7. The molecule has 9 heteroatoms. The van der Waals surface area contributed by atoms with Crippen molar-refractivity contribution in [1.82, 2.24) is 15.2 Å². The number of amides is 3. The summed E-state index contributed by atoms with van der Waals surface area (Å²) in [5.41, 5.74) is 2.41. The standard InChI is InChI=1S/C24H29ClN4O4/c1-4-26-24(31)28(12-13-32-2)16-23(30)29-22(19-10-5-6-11-20(19)25)15-21(27-29)17-8-7-9-18(14-17)33-3/h5-11,14,22H,4,12-13,15-16H2,1-3H3,(H,26,31). The van der Waals surface area contributed by atoms with Crippen molar-refractivity contribution in [3.8, 4) is 5.75 Å². The van der Waals surface area contributed by atoms with Gasteiger partial charge in [-0.2, -0.15) is 5.10 Å². The lowest BCUT2D eigenvalue weighted by molar-refractivity contribution is -0.133. The SMILES string of the molecule is CCNC(=O)N(CCOC)CC(=O)N1N=C(c2cccc(OC)c2)CC1c1ccccc1Cl. The Labute approximate surface area is 199 Å². The molecule has 1 N–H and O–H groups in total. The van der Waals surface area contributed by atoms with Gasteiger partial charge >= 0.3 is 6.03 Å². The Hall–Kier alpha value is -3.10. The molecule has 1 heterocycles. The van der Waals surface area contributed by atoms with Crippen LogP contribution in [0.3, 0.4) is 0 Å². The highest BCUT2D eigenvalue weighted by Crippen LogP contribution is 2.36. The molecular weight excluding hydrogens is 444 g/mol. The van der Waals surface area contributed by atoms with Crippen LogP contribution < -0.4 is 10.1 Å². The van der Waals surface area contributed by atoms with E-state index in [4.69, 9.17) is 21.1 Å². The van der Waals surface area contributed by atoms with Gasteiger partial charge in [0.05, 0.1) is 25.5 Å². The number of benzene rings is 2. The molecule has 33 heavy (non-hydrogen) atoms. The van der Waals surface area contributed by atoms with E-state index in [0.717, 1.165) is 16.8 Å². The Morgan fingerprint density at radius 2 is 2.00 bits per heavy atom. The minimum absolute atomic E-state index is 0.134. The Bertz CT molecular complexity index is 1010. The van der Waals surface area contributed by atoms with Crippen LogP contribution in [0.1, 0.15) is 30.5 Å². The van der Waals surface area contributed by atoms with Crippen molar-refractivity contribution < 1.29 is 19.1 Å². The number of nitrogens with zero attached hydrogens (tertiary/aromatic N) is 3. The van der Waals surface area contributed by atoms with Gasteiger partial charge in [-0.1, -0.05) is 41.9 Å². The van der Waals surface area contributed by atoms with Crippen LogP contribution in [-0.2, 0) is 9.53 Å². The molecule has 0 spiro atoms. The molecule has 0 saturated heterocycles. The number of nitrogens with one attached hydrogen (secondary N) is 1. The molecule has 0 aromatic heterocycles. The zero-order valence-electron chi connectivity index (χ0n) is 19.1. The maximum Gasteiger partial charge on any atom is 0.317 e. The van der Waals surface area contributed by atoms with Gasteiger partial charge in [0, 0.05) is 37.2 Å². The van der Waals surface area contributed by atoms with E-state index in [9.17, 15) is 9.59 Å². The van der Waals surface area contributed by atoms with E-state index < -0.39 is 0 Å². The van der Waals surface area contributed by atoms with Gasteiger partial charge in [0.2, 0.25) is 0 Å². The summed E-state index contributed by atoms with van der Waals surface area (Å²) in [6, 6.07) is 14.3. The van der Waals surface area contributed by atoms with E-state index in [1.807, 2.05) is 49.4 Å². The predicted octanol–water partition coefficient (Wildman–Crippen LogP) is 3.70. The highest BCUT2D eigenvalue weighted by Gasteiger charge is 2.35. The van der Waals surface area contributed by atoms with E-state index in [0.29, 0.717) is 30.3 Å². The number of hydrazone groups is 1. The summed E-state index contributed by atoms with van der Waals surface area (Å²) >= 11 is 6.48. The van der Waals surface area contributed by atoms with Crippen LogP contribution in [0, 0.1) is 0 Å².